The van der Waals surface area contributed by atoms with Gasteiger partial charge in [-0.3, -0.25) is 14.2 Å². The Hall–Kier alpha value is -2.19. The smallest absolute Gasteiger partial charge is 0.290 e. The number of imidazole rings is 1. The third kappa shape index (κ3) is 2.10. The Labute approximate surface area is 138 Å². The average Bonchev–Trinajstić information content (AvgIpc) is 3.33. The molecule has 3 fully saturated rings. The van der Waals surface area contributed by atoms with Crippen LogP contribution in [-0.2, 0) is 9.53 Å². The van der Waals surface area contributed by atoms with Crippen molar-refractivity contribution in [1.82, 2.24) is 14.4 Å². The molecule has 2 N–H and O–H groups in total. The third-order valence-corrected chi connectivity index (χ3v) is 5.61. The zero-order chi connectivity index (χ0) is 16.7. The van der Waals surface area contributed by atoms with E-state index in [2.05, 4.69) is 19.3 Å². The van der Waals surface area contributed by atoms with E-state index in [1.807, 2.05) is 12.4 Å². The fourth-order valence-electron chi connectivity index (χ4n) is 4.68. The number of aliphatic hydroxyl groups is 1. The molecule has 0 aromatic carbocycles. The van der Waals surface area contributed by atoms with Gasteiger partial charge in [0.05, 0.1) is 24.1 Å². The van der Waals surface area contributed by atoms with Crippen LogP contribution < -0.4 is 4.90 Å². The highest BCUT2D eigenvalue weighted by molar-refractivity contribution is 5.50. The van der Waals surface area contributed by atoms with Crippen molar-refractivity contribution in [3.05, 3.63) is 24.8 Å². The molecule has 1 spiro atoms. The molecule has 2 aromatic heterocycles. The molecule has 2 bridgehead atoms. The Morgan fingerprint density at radius 1 is 1.46 bits per heavy atom. The zero-order valence-electron chi connectivity index (χ0n) is 13.2. The van der Waals surface area contributed by atoms with Crippen molar-refractivity contribution in [2.45, 2.75) is 24.5 Å². The topological polar surface area (TPSA) is 100 Å². The van der Waals surface area contributed by atoms with Crippen LogP contribution in [0.4, 0.5) is 5.82 Å². The van der Waals surface area contributed by atoms with E-state index >= 15 is 0 Å². The number of hydrogen-bond donors (Lipinski definition) is 2. The van der Waals surface area contributed by atoms with Gasteiger partial charge in [-0.1, -0.05) is 0 Å². The summed E-state index contributed by atoms with van der Waals surface area (Å²) in [7, 11) is 0. The van der Waals surface area contributed by atoms with Gasteiger partial charge in [0.1, 0.15) is 5.82 Å². The minimum Gasteiger partial charge on any atom is -0.483 e. The molecule has 3 saturated heterocycles. The Kier molecular flexibility index (Phi) is 3.65. The predicted molar refractivity (Wildman–Crippen MR) is 84.8 cm³/mol. The molecule has 128 valence electrons. The van der Waals surface area contributed by atoms with E-state index in [9.17, 15) is 5.11 Å². The monoisotopic (exact) mass is 332 g/mol. The van der Waals surface area contributed by atoms with Gasteiger partial charge in [-0.05, 0) is 12.8 Å². The molecule has 8 heteroatoms. The second kappa shape index (κ2) is 5.71. The van der Waals surface area contributed by atoms with Gasteiger partial charge in [-0.25, -0.2) is 4.98 Å². The molecule has 5 heterocycles. The van der Waals surface area contributed by atoms with Crippen LogP contribution in [0.25, 0.3) is 5.65 Å². The van der Waals surface area contributed by atoms with Gasteiger partial charge < -0.3 is 19.8 Å². The van der Waals surface area contributed by atoms with Crippen molar-refractivity contribution in [3.8, 4) is 0 Å². The van der Waals surface area contributed by atoms with E-state index in [-0.39, 0.29) is 24.8 Å². The largest absolute Gasteiger partial charge is 0.483 e. The van der Waals surface area contributed by atoms with Gasteiger partial charge in [0.2, 0.25) is 0 Å². The number of ether oxygens (including phenoxy) is 1. The van der Waals surface area contributed by atoms with Crippen LogP contribution in [0.1, 0.15) is 12.8 Å². The number of aromatic nitrogens is 3. The summed E-state index contributed by atoms with van der Waals surface area (Å²) in [5.74, 6) is 1.79. The van der Waals surface area contributed by atoms with Crippen molar-refractivity contribution >= 4 is 17.9 Å². The number of hydrogen-bond acceptors (Lipinski definition) is 6. The SMILES string of the molecule is O=CO.OC[C@H]1[C@@H]2CC[C@@]3(CN(c4cncc5nccn45)C[C@@H]13)O2. The fourth-order valence-corrected chi connectivity index (χ4v) is 4.68. The Morgan fingerprint density at radius 2 is 2.29 bits per heavy atom. The summed E-state index contributed by atoms with van der Waals surface area (Å²) in [6.07, 6.45) is 9.91. The van der Waals surface area contributed by atoms with Gasteiger partial charge in [0.15, 0.2) is 5.65 Å². The molecule has 0 aliphatic carbocycles. The van der Waals surface area contributed by atoms with E-state index in [1.54, 1.807) is 12.4 Å². The molecular weight excluding hydrogens is 312 g/mol. The molecule has 0 radical (unpaired) electrons. The van der Waals surface area contributed by atoms with E-state index in [0.717, 1.165) is 37.4 Å². The minimum atomic E-state index is -0.250. The van der Waals surface area contributed by atoms with Gasteiger partial charge in [-0.15, -0.1) is 0 Å². The quantitative estimate of drug-likeness (QED) is 0.768. The van der Waals surface area contributed by atoms with Crippen LogP contribution in [0.15, 0.2) is 24.8 Å². The van der Waals surface area contributed by atoms with Crippen molar-refractivity contribution in [2.24, 2.45) is 11.8 Å². The summed E-state index contributed by atoms with van der Waals surface area (Å²) >= 11 is 0. The maximum atomic E-state index is 9.70. The number of aliphatic hydroxyl groups excluding tert-OH is 1. The lowest BCUT2D eigenvalue weighted by atomic mass is 9.74. The first kappa shape index (κ1) is 15.3. The summed E-state index contributed by atoms with van der Waals surface area (Å²) in [6, 6.07) is 0. The second-order valence-corrected chi connectivity index (χ2v) is 6.62. The first-order valence-corrected chi connectivity index (χ1v) is 8.11. The third-order valence-electron chi connectivity index (χ3n) is 5.61. The molecule has 0 unspecified atom stereocenters. The molecule has 5 rings (SSSR count). The molecule has 24 heavy (non-hydrogen) atoms. The summed E-state index contributed by atoms with van der Waals surface area (Å²) in [4.78, 5) is 19.3. The molecular formula is C16H20N4O4. The maximum Gasteiger partial charge on any atom is 0.290 e. The van der Waals surface area contributed by atoms with Gasteiger partial charge in [0.25, 0.3) is 6.47 Å². The Morgan fingerprint density at radius 3 is 3.08 bits per heavy atom. The average molecular weight is 332 g/mol. The highest BCUT2D eigenvalue weighted by Gasteiger charge is 2.63. The summed E-state index contributed by atoms with van der Waals surface area (Å²) in [6.45, 7) is 1.81. The van der Waals surface area contributed by atoms with Crippen LogP contribution in [0.3, 0.4) is 0 Å². The van der Waals surface area contributed by atoms with Crippen molar-refractivity contribution in [1.29, 1.82) is 0 Å². The first-order valence-electron chi connectivity index (χ1n) is 8.11. The van der Waals surface area contributed by atoms with E-state index in [4.69, 9.17) is 14.6 Å². The lowest BCUT2D eigenvalue weighted by Gasteiger charge is -2.27. The normalized spacial score (nSPS) is 33.4. The number of fused-ring (bicyclic) bond motifs is 2. The summed E-state index contributed by atoms with van der Waals surface area (Å²) in [5, 5.41) is 16.6. The molecule has 3 aliphatic rings. The van der Waals surface area contributed by atoms with Crippen molar-refractivity contribution < 1.29 is 19.7 Å². The van der Waals surface area contributed by atoms with E-state index < -0.39 is 0 Å². The molecule has 8 nitrogen and oxygen atoms in total. The Bertz CT molecular complexity index is 751. The molecule has 2 aromatic rings. The maximum absolute atomic E-state index is 9.70. The van der Waals surface area contributed by atoms with Crippen LogP contribution in [0.2, 0.25) is 0 Å². The zero-order valence-corrected chi connectivity index (χ0v) is 13.2. The Balaban J connectivity index is 0.000000455. The van der Waals surface area contributed by atoms with Crippen LogP contribution in [0.5, 0.6) is 0 Å². The van der Waals surface area contributed by atoms with Gasteiger partial charge in [-0.2, -0.15) is 0 Å². The molecule has 3 aliphatic heterocycles. The second-order valence-electron chi connectivity index (χ2n) is 6.62. The van der Waals surface area contributed by atoms with Gasteiger partial charge in [0, 0.05) is 43.9 Å². The lowest BCUT2D eigenvalue weighted by molar-refractivity contribution is -0.122. The lowest BCUT2D eigenvalue weighted by Crippen LogP contribution is -2.37. The number of rotatable bonds is 2. The van der Waals surface area contributed by atoms with Crippen LogP contribution in [0, 0.1) is 11.8 Å². The van der Waals surface area contributed by atoms with Gasteiger partial charge >= 0.3 is 0 Å². The number of carboxylic acid groups (broad SMARTS) is 1. The number of carbonyl (C=O) groups is 1. The number of anilines is 1. The standard InChI is InChI=1S/C15H18N4O2.CH2O2/c20-8-10-11-7-18(9-15(11)2-1-12(10)21-15)14-6-16-5-13-17-3-4-19(13)14;2-1-3/h3-6,10-12,20H,1-2,7-9H2;1H,(H,2,3)/t10-,11+,12+,15+;/m1./s1. The fraction of sp³-hybridized carbons (Fsp3) is 0.562. The summed E-state index contributed by atoms with van der Waals surface area (Å²) in [5.41, 5.74) is 0.812. The highest BCUT2D eigenvalue weighted by Crippen LogP contribution is 2.55. The first-order chi connectivity index (χ1) is 11.7. The van der Waals surface area contributed by atoms with E-state index in [1.165, 1.54) is 0 Å². The number of nitrogens with zero attached hydrogens (tertiary/aromatic N) is 4. The predicted octanol–water partition coefficient (Wildman–Crippen LogP) is 0.406. The molecule has 4 atom stereocenters. The molecule has 0 amide bonds. The van der Waals surface area contributed by atoms with Crippen molar-refractivity contribution in [3.63, 3.8) is 0 Å². The summed E-state index contributed by atoms with van der Waals surface area (Å²) < 4.78 is 8.36. The van der Waals surface area contributed by atoms with E-state index in [0.29, 0.717) is 11.8 Å². The van der Waals surface area contributed by atoms with Crippen LogP contribution in [-0.4, -0.2) is 62.5 Å². The molecule has 0 saturated carbocycles. The highest BCUT2D eigenvalue weighted by atomic mass is 16.5. The van der Waals surface area contributed by atoms with Crippen molar-refractivity contribution in [2.75, 3.05) is 24.6 Å². The van der Waals surface area contributed by atoms with Crippen LogP contribution >= 0.6 is 0 Å². The minimum absolute atomic E-state index is 0.0548.